The third-order valence-corrected chi connectivity index (χ3v) is 4.66. The maximum Gasteiger partial charge on any atom is 0.223 e. The third kappa shape index (κ3) is 4.15. The van der Waals surface area contributed by atoms with Gasteiger partial charge in [-0.3, -0.25) is 9.98 Å². The first-order valence-corrected chi connectivity index (χ1v) is 8.78. The van der Waals surface area contributed by atoms with E-state index in [0.29, 0.717) is 6.54 Å². The fourth-order valence-electron chi connectivity index (χ4n) is 2.50. The quantitative estimate of drug-likeness (QED) is 0.477. The summed E-state index contributed by atoms with van der Waals surface area (Å²) in [5.41, 5.74) is 3.23. The zero-order chi connectivity index (χ0) is 16.9. The number of pyridine rings is 1. The van der Waals surface area contributed by atoms with Gasteiger partial charge in [0.2, 0.25) is 4.80 Å². The Morgan fingerprint density at radius 3 is 2.31 bits per heavy atom. The number of nitrogens with zero attached hydrogens (tertiary/aromatic N) is 4. The van der Waals surface area contributed by atoms with Gasteiger partial charge in [0, 0.05) is 18.0 Å². The van der Waals surface area contributed by atoms with Gasteiger partial charge in [-0.05, 0) is 35.3 Å². The van der Waals surface area contributed by atoms with E-state index < -0.39 is 0 Å². The maximum absolute atomic E-state index is 4.77. The molecule has 0 aliphatic heterocycles. The zero-order valence-corrected chi connectivity index (χ0v) is 16.4. The summed E-state index contributed by atoms with van der Waals surface area (Å²) >= 11 is 1.55. The van der Waals surface area contributed by atoms with E-state index in [9.17, 15) is 0 Å². The smallest absolute Gasteiger partial charge is 0.223 e. The summed E-state index contributed by atoms with van der Waals surface area (Å²) in [5, 5.41) is 0. The minimum atomic E-state index is 0. The van der Waals surface area contributed by atoms with Crippen LogP contribution in [-0.2, 0) is 6.54 Å². The highest BCUT2D eigenvalue weighted by atomic mass is 79.9. The highest BCUT2D eigenvalue weighted by Crippen LogP contribution is 2.21. The second kappa shape index (κ2) is 8.69. The van der Waals surface area contributed by atoms with Gasteiger partial charge in [-0.2, -0.15) is 4.98 Å². The SMILES string of the molecule is Br.c1ccc(-c2nc(=NCc3cccnc3)sn2-c2ccccc2)cc1. The van der Waals surface area contributed by atoms with Crippen LogP contribution in [0.4, 0.5) is 0 Å². The summed E-state index contributed by atoms with van der Waals surface area (Å²) in [6.45, 7) is 0.574. The topological polar surface area (TPSA) is 43.1 Å². The highest BCUT2D eigenvalue weighted by molar-refractivity contribution is 8.93. The van der Waals surface area contributed by atoms with Crippen LogP contribution in [0, 0.1) is 0 Å². The molecule has 0 N–H and O–H groups in total. The number of hydrogen-bond donors (Lipinski definition) is 0. The van der Waals surface area contributed by atoms with Crippen molar-refractivity contribution in [3.63, 3.8) is 0 Å². The van der Waals surface area contributed by atoms with E-state index in [1.54, 1.807) is 17.7 Å². The molecule has 0 aliphatic rings. The average molecular weight is 425 g/mol. The fraction of sp³-hybridized carbons (Fsp3) is 0.0500. The molecule has 4 rings (SSSR count). The van der Waals surface area contributed by atoms with Gasteiger partial charge in [-0.15, -0.1) is 17.0 Å². The van der Waals surface area contributed by atoms with Crippen LogP contribution in [0.3, 0.4) is 0 Å². The second-order valence-corrected chi connectivity index (χ2v) is 6.40. The molecular formula is C20H17BrN4S. The van der Waals surface area contributed by atoms with Gasteiger partial charge in [-0.25, -0.2) is 3.96 Å². The van der Waals surface area contributed by atoms with Crippen molar-refractivity contribution < 1.29 is 0 Å². The molecule has 130 valence electrons. The summed E-state index contributed by atoms with van der Waals surface area (Å²) < 4.78 is 2.12. The van der Waals surface area contributed by atoms with Crippen LogP contribution in [0.25, 0.3) is 17.1 Å². The normalized spacial score (nSPS) is 11.2. The first-order valence-electron chi connectivity index (χ1n) is 8.01. The van der Waals surface area contributed by atoms with Crippen LogP contribution in [0.5, 0.6) is 0 Å². The van der Waals surface area contributed by atoms with Gasteiger partial charge in [0.25, 0.3) is 0 Å². The van der Waals surface area contributed by atoms with Crippen molar-refractivity contribution in [2.75, 3.05) is 0 Å². The molecule has 0 aliphatic carbocycles. The number of para-hydroxylation sites is 1. The Labute approximate surface area is 166 Å². The molecule has 2 heterocycles. The van der Waals surface area contributed by atoms with Crippen LogP contribution < -0.4 is 4.80 Å². The van der Waals surface area contributed by atoms with E-state index in [1.165, 1.54) is 0 Å². The molecule has 4 nitrogen and oxygen atoms in total. The molecule has 0 fully saturated rings. The Morgan fingerprint density at radius 1 is 0.885 bits per heavy atom. The molecule has 0 saturated heterocycles. The van der Waals surface area contributed by atoms with E-state index in [2.05, 4.69) is 38.2 Å². The minimum absolute atomic E-state index is 0. The van der Waals surface area contributed by atoms with Crippen molar-refractivity contribution in [2.45, 2.75) is 6.54 Å². The lowest BCUT2D eigenvalue weighted by Crippen LogP contribution is -1.99. The van der Waals surface area contributed by atoms with Crippen LogP contribution in [0.1, 0.15) is 5.56 Å². The minimum Gasteiger partial charge on any atom is -0.264 e. The van der Waals surface area contributed by atoms with E-state index >= 15 is 0 Å². The molecule has 0 radical (unpaired) electrons. The van der Waals surface area contributed by atoms with Crippen molar-refractivity contribution in [3.8, 4) is 17.1 Å². The van der Waals surface area contributed by atoms with Crippen molar-refractivity contribution in [1.82, 2.24) is 13.9 Å². The monoisotopic (exact) mass is 424 g/mol. The number of halogens is 1. The lowest BCUT2D eigenvalue weighted by molar-refractivity contribution is 0.980. The first kappa shape index (κ1) is 18.2. The zero-order valence-electron chi connectivity index (χ0n) is 13.9. The molecule has 0 bridgehead atoms. The van der Waals surface area contributed by atoms with E-state index in [0.717, 1.165) is 27.4 Å². The average Bonchev–Trinajstić information content (AvgIpc) is 3.13. The van der Waals surface area contributed by atoms with Crippen molar-refractivity contribution in [2.24, 2.45) is 4.99 Å². The van der Waals surface area contributed by atoms with Gasteiger partial charge >= 0.3 is 0 Å². The summed E-state index contributed by atoms with van der Waals surface area (Å²) in [6.07, 6.45) is 3.60. The van der Waals surface area contributed by atoms with Gasteiger partial charge in [0.05, 0.1) is 12.2 Å². The van der Waals surface area contributed by atoms with Crippen LogP contribution in [0.15, 0.2) is 90.2 Å². The largest absolute Gasteiger partial charge is 0.264 e. The molecule has 26 heavy (non-hydrogen) atoms. The number of hydrogen-bond acceptors (Lipinski definition) is 4. The van der Waals surface area contributed by atoms with Crippen LogP contribution in [0.2, 0.25) is 0 Å². The number of benzene rings is 2. The molecule has 0 atom stereocenters. The van der Waals surface area contributed by atoms with Crippen molar-refractivity contribution in [1.29, 1.82) is 0 Å². The fourth-order valence-corrected chi connectivity index (χ4v) is 3.38. The third-order valence-electron chi connectivity index (χ3n) is 3.71. The van der Waals surface area contributed by atoms with Crippen LogP contribution in [-0.4, -0.2) is 13.9 Å². The maximum atomic E-state index is 4.77. The van der Waals surface area contributed by atoms with Crippen molar-refractivity contribution >= 4 is 28.5 Å². The lowest BCUT2D eigenvalue weighted by atomic mass is 10.2. The summed E-state index contributed by atoms with van der Waals surface area (Å²) in [7, 11) is 0. The van der Waals surface area contributed by atoms with Gasteiger partial charge in [0.15, 0.2) is 5.82 Å². The molecule has 0 unspecified atom stereocenters. The number of aromatic nitrogens is 3. The summed E-state index contributed by atoms with van der Waals surface area (Å²) in [5.74, 6) is 0.904. The Hall–Kier alpha value is -2.57. The molecule has 2 aromatic carbocycles. The summed E-state index contributed by atoms with van der Waals surface area (Å²) in [4.78, 5) is 14.3. The first-order chi connectivity index (χ1) is 12.4. The standard InChI is InChI=1S/C20H16N4S.BrH/c1-3-9-17(10-4-1)19-23-20(22-15-16-8-7-13-21-14-16)25-24(19)18-11-5-2-6-12-18;/h1-14H,15H2;1H. The molecule has 2 aromatic heterocycles. The molecule has 0 amide bonds. The molecular weight excluding hydrogens is 408 g/mol. The molecule has 4 aromatic rings. The second-order valence-electron chi connectivity index (χ2n) is 5.48. The Morgan fingerprint density at radius 2 is 1.62 bits per heavy atom. The lowest BCUT2D eigenvalue weighted by Gasteiger charge is -2.05. The molecule has 0 saturated carbocycles. The van der Waals surface area contributed by atoms with Gasteiger partial charge in [0.1, 0.15) is 0 Å². The Bertz CT molecular complexity index is 952. The van der Waals surface area contributed by atoms with E-state index in [1.807, 2.05) is 54.7 Å². The molecule has 6 heteroatoms. The van der Waals surface area contributed by atoms with E-state index in [4.69, 9.17) is 4.98 Å². The van der Waals surface area contributed by atoms with E-state index in [-0.39, 0.29) is 17.0 Å². The number of rotatable bonds is 4. The molecule has 0 spiro atoms. The predicted octanol–water partition coefficient (Wildman–Crippen LogP) is 4.67. The summed E-state index contributed by atoms with van der Waals surface area (Å²) in [6, 6.07) is 24.4. The Kier molecular flexibility index (Phi) is 6.09. The van der Waals surface area contributed by atoms with Gasteiger partial charge in [-0.1, -0.05) is 54.6 Å². The van der Waals surface area contributed by atoms with Crippen LogP contribution >= 0.6 is 28.5 Å². The predicted molar refractivity (Wildman–Crippen MR) is 111 cm³/mol. The van der Waals surface area contributed by atoms with Gasteiger partial charge < -0.3 is 0 Å². The van der Waals surface area contributed by atoms with Crippen molar-refractivity contribution in [3.05, 3.63) is 95.6 Å². The Balaban J connectivity index is 0.00000196. The highest BCUT2D eigenvalue weighted by Gasteiger charge is 2.10.